The number of amides is 1. The van der Waals surface area contributed by atoms with Crippen molar-refractivity contribution >= 4 is 38.7 Å². The first-order valence-electron chi connectivity index (χ1n) is 8.93. The summed E-state index contributed by atoms with van der Waals surface area (Å²) in [4.78, 5) is 22.9. The molecule has 7 heteroatoms. The molecule has 0 radical (unpaired) electrons. The number of carbonyl (C=O) groups excluding carboxylic acids is 1. The number of carbonyl (C=O) groups is 2. The molecule has 0 aliphatic carbocycles. The van der Waals surface area contributed by atoms with Crippen molar-refractivity contribution in [3.05, 3.63) is 64.3 Å². The van der Waals surface area contributed by atoms with Crippen molar-refractivity contribution in [2.45, 2.75) is 32.4 Å². The van der Waals surface area contributed by atoms with Crippen LogP contribution in [0.15, 0.2) is 53.1 Å². The van der Waals surface area contributed by atoms with Crippen molar-refractivity contribution in [3.63, 3.8) is 0 Å². The van der Waals surface area contributed by atoms with Crippen LogP contribution < -0.4 is 10.5 Å². The molecule has 1 atom stereocenters. The number of ether oxygens (including phenoxy) is 1. The first kappa shape index (κ1) is 19.9. The minimum absolute atomic E-state index is 0.0679. The molecule has 1 heterocycles. The lowest BCUT2D eigenvalue weighted by Crippen LogP contribution is -2.25. The molecule has 1 aromatic heterocycles. The van der Waals surface area contributed by atoms with Crippen LogP contribution in [0.1, 0.15) is 24.5 Å². The number of benzene rings is 2. The highest BCUT2D eigenvalue weighted by Gasteiger charge is 2.20. The van der Waals surface area contributed by atoms with Crippen LogP contribution in [-0.4, -0.2) is 27.7 Å². The number of hydrogen-bond acceptors (Lipinski definition) is 3. The average molecular weight is 445 g/mol. The van der Waals surface area contributed by atoms with E-state index in [1.165, 1.54) is 0 Å². The lowest BCUT2D eigenvalue weighted by Gasteiger charge is -2.13. The van der Waals surface area contributed by atoms with Gasteiger partial charge in [-0.1, -0.05) is 37.3 Å². The fraction of sp³-hybridized carbons (Fsp3) is 0.238. The van der Waals surface area contributed by atoms with E-state index < -0.39 is 18.0 Å². The summed E-state index contributed by atoms with van der Waals surface area (Å²) in [6.45, 7) is 2.37. The fourth-order valence-electron chi connectivity index (χ4n) is 3.18. The van der Waals surface area contributed by atoms with Crippen molar-refractivity contribution < 1.29 is 19.4 Å². The van der Waals surface area contributed by atoms with E-state index in [1.807, 2.05) is 36.4 Å². The molecule has 3 N–H and O–H groups in total. The predicted molar refractivity (Wildman–Crippen MR) is 110 cm³/mol. The number of fused-ring (bicyclic) bond motifs is 1. The van der Waals surface area contributed by atoms with Crippen molar-refractivity contribution in [1.29, 1.82) is 0 Å². The minimum atomic E-state index is -1.01. The standard InChI is InChI=1S/C21H21BrN2O4/c1-2-18(21(26)27)28-14-8-9-17-15(10-14)16(11-19(23)25)20(22)24(17)12-13-6-4-3-5-7-13/h3-10,18H,2,11-12H2,1H3,(H2,23,25)(H,26,27). The maximum atomic E-state index is 11.6. The van der Waals surface area contributed by atoms with Gasteiger partial charge in [-0.25, -0.2) is 4.79 Å². The van der Waals surface area contributed by atoms with Gasteiger partial charge >= 0.3 is 5.97 Å². The maximum absolute atomic E-state index is 11.6. The molecule has 0 spiro atoms. The summed E-state index contributed by atoms with van der Waals surface area (Å²) < 4.78 is 8.45. The van der Waals surface area contributed by atoms with E-state index in [0.29, 0.717) is 18.7 Å². The second-order valence-electron chi connectivity index (χ2n) is 6.52. The minimum Gasteiger partial charge on any atom is -0.479 e. The quantitative estimate of drug-likeness (QED) is 0.553. The molecule has 6 nitrogen and oxygen atoms in total. The van der Waals surface area contributed by atoms with E-state index in [1.54, 1.807) is 19.1 Å². The second kappa shape index (κ2) is 8.48. The normalized spacial score (nSPS) is 12.1. The Hall–Kier alpha value is -2.80. The van der Waals surface area contributed by atoms with Gasteiger partial charge in [-0.15, -0.1) is 0 Å². The van der Waals surface area contributed by atoms with E-state index in [4.69, 9.17) is 10.5 Å². The number of nitrogens with two attached hydrogens (primary N) is 1. The van der Waals surface area contributed by atoms with E-state index in [9.17, 15) is 14.7 Å². The number of aromatic nitrogens is 1. The molecule has 0 fully saturated rings. The van der Waals surface area contributed by atoms with E-state index in [-0.39, 0.29) is 6.42 Å². The molecule has 0 saturated carbocycles. The Balaban J connectivity index is 2.08. The highest BCUT2D eigenvalue weighted by Crippen LogP contribution is 2.34. The SMILES string of the molecule is CCC(Oc1ccc2c(c1)c(CC(N)=O)c(Br)n2Cc1ccccc1)C(=O)O. The Labute approximate surface area is 171 Å². The van der Waals surface area contributed by atoms with Crippen LogP contribution >= 0.6 is 15.9 Å². The number of hydrogen-bond donors (Lipinski definition) is 2. The van der Waals surface area contributed by atoms with Gasteiger partial charge in [0.15, 0.2) is 6.10 Å². The molecule has 0 aliphatic rings. The number of nitrogens with zero attached hydrogens (tertiary/aromatic N) is 1. The van der Waals surface area contributed by atoms with E-state index in [0.717, 1.165) is 26.6 Å². The highest BCUT2D eigenvalue weighted by atomic mass is 79.9. The molecule has 1 amide bonds. The summed E-state index contributed by atoms with van der Waals surface area (Å²) in [7, 11) is 0. The number of rotatable bonds is 8. The maximum Gasteiger partial charge on any atom is 0.344 e. The zero-order valence-electron chi connectivity index (χ0n) is 15.4. The second-order valence-corrected chi connectivity index (χ2v) is 7.27. The Morgan fingerprint density at radius 1 is 1.21 bits per heavy atom. The predicted octanol–water partition coefficient (Wildman–Crippen LogP) is 3.72. The Morgan fingerprint density at radius 2 is 1.93 bits per heavy atom. The topological polar surface area (TPSA) is 94.5 Å². The van der Waals surface area contributed by atoms with Crippen LogP contribution in [0.5, 0.6) is 5.75 Å². The lowest BCUT2D eigenvalue weighted by molar-refractivity contribution is -0.145. The van der Waals surface area contributed by atoms with Crippen molar-refractivity contribution in [1.82, 2.24) is 4.57 Å². The van der Waals surface area contributed by atoms with Crippen LogP contribution in [0.3, 0.4) is 0 Å². The molecule has 3 aromatic rings. The Kier molecular flexibility index (Phi) is 6.04. The molecule has 0 aliphatic heterocycles. The molecule has 3 rings (SSSR count). The van der Waals surface area contributed by atoms with Crippen molar-refractivity contribution in [2.24, 2.45) is 5.73 Å². The fourth-order valence-corrected chi connectivity index (χ4v) is 3.85. The molecule has 0 saturated heterocycles. The molecular formula is C21H21BrN2O4. The molecule has 2 aromatic carbocycles. The Bertz CT molecular complexity index is 1010. The van der Waals surface area contributed by atoms with Crippen LogP contribution in [0.25, 0.3) is 10.9 Å². The third-order valence-corrected chi connectivity index (χ3v) is 5.44. The number of carboxylic acids is 1. The summed E-state index contributed by atoms with van der Waals surface area (Å²) in [5.41, 5.74) is 8.22. The number of halogens is 1. The highest BCUT2D eigenvalue weighted by molar-refractivity contribution is 9.10. The summed E-state index contributed by atoms with van der Waals surface area (Å²) in [6, 6.07) is 15.4. The summed E-state index contributed by atoms with van der Waals surface area (Å²) in [5.74, 6) is -1.01. The van der Waals surface area contributed by atoms with Crippen LogP contribution in [0.2, 0.25) is 0 Å². The summed E-state index contributed by atoms with van der Waals surface area (Å²) in [6.07, 6.45) is -0.509. The van der Waals surface area contributed by atoms with Gasteiger partial charge in [0.1, 0.15) is 5.75 Å². The van der Waals surface area contributed by atoms with Gasteiger partial charge in [-0.2, -0.15) is 0 Å². The first-order chi connectivity index (χ1) is 13.4. The van der Waals surface area contributed by atoms with Gasteiger partial charge in [0.05, 0.1) is 11.0 Å². The average Bonchev–Trinajstić information content (AvgIpc) is 2.91. The van der Waals surface area contributed by atoms with Gasteiger partial charge in [-0.3, -0.25) is 4.79 Å². The monoisotopic (exact) mass is 444 g/mol. The lowest BCUT2D eigenvalue weighted by atomic mass is 10.1. The molecular weight excluding hydrogens is 424 g/mol. The Morgan fingerprint density at radius 3 is 2.54 bits per heavy atom. The van der Waals surface area contributed by atoms with Gasteiger partial charge < -0.3 is 20.1 Å². The van der Waals surface area contributed by atoms with Gasteiger partial charge in [0.2, 0.25) is 5.91 Å². The number of primary amides is 1. The molecule has 0 bridgehead atoms. The molecule has 1 unspecified atom stereocenters. The van der Waals surface area contributed by atoms with E-state index in [2.05, 4.69) is 20.5 Å². The van der Waals surface area contributed by atoms with Crippen LogP contribution in [0.4, 0.5) is 0 Å². The molecule has 28 heavy (non-hydrogen) atoms. The van der Waals surface area contributed by atoms with Crippen molar-refractivity contribution in [3.8, 4) is 5.75 Å². The zero-order chi connectivity index (χ0) is 20.3. The summed E-state index contributed by atoms with van der Waals surface area (Å²) in [5, 5.41) is 10.0. The largest absolute Gasteiger partial charge is 0.479 e. The van der Waals surface area contributed by atoms with Crippen LogP contribution in [0, 0.1) is 0 Å². The molecule has 146 valence electrons. The third kappa shape index (κ3) is 4.20. The number of aliphatic carboxylic acids is 1. The van der Waals surface area contributed by atoms with Gasteiger partial charge in [0, 0.05) is 23.0 Å². The first-order valence-corrected chi connectivity index (χ1v) is 9.72. The van der Waals surface area contributed by atoms with E-state index >= 15 is 0 Å². The van der Waals surface area contributed by atoms with Gasteiger partial charge in [0.25, 0.3) is 0 Å². The van der Waals surface area contributed by atoms with Crippen LogP contribution in [-0.2, 0) is 22.6 Å². The zero-order valence-corrected chi connectivity index (χ0v) is 17.0. The number of carboxylic acid groups (broad SMARTS) is 1. The smallest absolute Gasteiger partial charge is 0.344 e. The summed E-state index contributed by atoms with van der Waals surface area (Å²) >= 11 is 3.61. The third-order valence-electron chi connectivity index (χ3n) is 4.53. The van der Waals surface area contributed by atoms with Gasteiger partial charge in [-0.05, 0) is 46.1 Å². The van der Waals surface area contributed by atoms with Crippen molar-refractivity contribution in [2.75, 3.05) is 0 Å².